The third kappa shape index (κ3) is 3.16. The summed E-state index contributed by atoms with van der Waals surface area (Å²) >= 11 is 0. The van der Waals surface area contributed by atoms with E-state index in [0.29, 0.717) is 26.2 Å². The molecule has 1 aliphatic heterocycles. The molecule has 8 nitrogen and oxygen atoms in total. The number of nitrogens with zero attached hydrogens (tertiary/aromatic N) is 4. The molecular formula is C10H23N5O3S. The van der Waals surface area contributed by atoms with Crippen LogP contribution in [0.1, 0.15) is 13.8 Å². The number of hydrogen-bond donors (Lipinski definition) is 2. The van der Waals surface area contributed by atoms with Crippen molar-refractivity contribution >= 4 is 16.0 Å². The van der Waals surface area contributed by atoms with E-state index in [9.17, 15) is 8.42 Å². The summed E-state index contributed by atoms with van der Waals surface area (Å²) in [4.78, 5) is 2.00. The third-order valence-electron chi connectivity index (χ3n) is 3.55. The number of rotatable bonds is 4. The van der Waals surface area contributed by atoms with Gasteiger partial charge in [-0.2, -0.15) is 17.0 Å². The second-order valence-electron chi connectivity index (χ2n) is 5.22. The first-order chi connectivity index (χ1) is 8.64. The summed E-state index contributed by atoms with van der Waals surface area (Å²) in [5.41, 5.74) is 5.07. The van der Waals surface area contributed by atoms with Gasteiger partial charge < -0.3 is 10.9 Å². The van der Waals surface area contributed by atoms with Crippen LogP contribution in [0.4, 0.5) is 0 Å². The van der Waals surface area contributed by atoms with E-state index in [4.69, 9.17) is 10.9 Å². The van der Waals surface area contributed by atoms with Crippen LogP contribution in [-0.2, 0) is 10.2 Å². The molecule has 0 aliphatic carbocycles. The monoisotopic (exact) mass is 293 g/mol. The molecule has 0 amide bonds. The highest BCUT2D eigenvalue weighted by molar-refractivity contribution is 7.86. The van der Waals surface area contributed by atoms with Gasteiger partial charge in [0.1, 0.15) is 0 Å². The minimum absolute atomic E-state index is 0.122. The van der Waals surface area contributed by atoms with Gasteiger partial charge in [0, 0.05) is 40.3 Å². The topological polar surface area (TPSA) is 102 Å². The molecule has 19 heavy (non-hydrogen) atoms. The molecule has 1 rings (SSSR count). The molecule has 1 heterocycles. The highest BCUT2D eigenvalue weighted by Gasteiger charge is 2.36. The van der Waals surface area contributed by atoms with Crippen LogP contribution in [-0.4, -0.2) is 78.8 Å². The van der Waals surface area contributed by atoms with Crippen molar-refractivity contribution < 1.29 is 13.6 Å². The molecular weight excluding hydrogens is 270 g/mol. The van der Waals surface area contributed by atoms with Gasteiger partial charge in [0.2, 0.25) is 0 Å². The number of amidine groups is 1. The predicted octanol–water partition coefficient (Wildman–Crippen LogP) is -1.06. The lowest BCUT2D eigenvalue weighted by Gasteiger charge is -2.43. The second kappa shape index (κ2) is 5.61. The van der Waals surface area contributed by atoms with E-state index in [1.54, 1.807) is 0 Å². The molecule has 0 atom stereocenters. The van der Waals surface area contributed by atoms with Gasteiger partial charge in [0.25, 0.3) is 10.2 Å². The number of oxime groups is 1. The molecule has 3 N–H and O–H groups in total. The zero-order valence-corrected chi connectivity index (χ0v) is 12.7. The molecule has 0 saturated carbocycles. The lowest BCUT2D eigenvalue weighted by atomic mass is 10.0. The quantitative estimate of drug-likeness (QED) is 0.297. The van der Waals surface area contributed by atoms with Gasteiger partial charge in [-0.15, -0.1) is 0 Å². The molecule has 112 valence electrons. The fraction of sp³-hybridized carbons (Fsp3) is 0.900. The summed E-state index contributed by atoms with van der Waals surface area (Å²) in [6, 6.07) is 0. The van der Waals surface area contributed by atoms with Gasteiger partial charge >= 0.3 is 0 Å². The minimum atomic E-state index is -3.37. The van der Waals surface area contributed by atoms with E-state index in [0.717, 1.165) is 0 Å². The lowest BCUT2D eigenvalue weighted by Crippen LogP contribution is -2.61. The van der Waals surface area contributed by atoms with Crippen LogP contribution in [0.25, 0.3) is 0 Å². The summed E-state index contributed by atoms with van der Waals surface area (Å²) in [7, 11) is -0.334. The Kier molecular flexibility index (Phi) is 4.77. The molecule has 9 heteroatoms. The fourth-order valence-electron chi connectivity index (χ4n) is 1.99. The first kappa shape index (κ1) is 16.2. The predicted molar refractivity (Wildman–Crippen MR) is 73.2 cm³/mol. The normalized spacial score (nSPS) is 21.0. The average molecular weight is 293 g/mol. The van der Waals surface area contributed by atoms with E-state index in [1.807, 2.05) is 18.7 Å². The SMILES string of the molecule is CN(C)S(=O)(=O)N1CCN(C(C)(C)C(N)=NO)CC1. The van der Waals surface area contributed by atoms with Crippen LogP contribution in [0, 0.1) is 0 Å². The van der Waals surface area contributed by atoms with Gasteiger partial charge in [0.15, 0.2) is 5.84 Å². The van der Waals surface area contributed by atoms with Gasteiger partial charge in [0.05, 0.1) is 5.54 Å². The third-order valence-corrected chi connectivity index (χ3v) is 5.49. The maximum atomic E-state index is 12.0. The summed E-state index contributed by atoms with van der Waals surface area (Å²) in [5.74, 6) is 0.122. The number of piperazine rings is 1. The maximum Gasteiger partial charge on any atom is 0.281 e. The molecule has 0 spiro atoms. The number of hydrogen-bond acceptors (Lipinski definition) is 5. The van der Waals surface area contributed by atoms with Gasteiger partial charge in [-0.3, -0.25) is 4.90 Å². The highest BCUT2D eigenvalue weighted by atomic mass is 32.2. The molecule has 1 fully saturated rings. The molecule has 1 saturated heterocycles. The molecule has 1 aliphatic rings. The molecule has 0 aromatic heterocycles. The van der Waals surface area contributed by atoms with E-state index < -0.39 is 15.7 Å². The second-order valence-corrected chi connectivity index (χ2v) is 7.36. The minimum Gasteiger partial charge on any atom is -0.409 e. The van der Waals surface area contributed by atoms with Crippen molar-refractivity contribution in [3.05, 3.63) is 0 Å². The molecule has 0 unspecified atom stereocenters. The van der Waals surface area contributed by atoms with Crippen molar-refractivity contribution in [2.24, 2.45) is 10.9 Å². The van der Waals surface area contributed by atoms with Crippen LogP contribution in [0.5, 0.6) is 0 Å². The van der Waals surface area contributed by atoms with Crippen molar-refractivity contribution in [3.63, 3.8) is 0 Å². The smallest absolute Gasteiger partial charge is 0.281 e. The van der Waals surface area contributed by atoms with Gasteiger partial charge in [-0.05, 0) is 13.8 Å². The van der Waals surface area contributed by atoms with Crippen LogP contribution in [0.2, 0.25) is 0 Å². The first-order valence-electron chi connectivity index (χ1n) is 6.04. The average Bonchev–Trinajstić information content (AvgIpc) is 2.37. The Balaban J connectivity index is 2.74. The Hall–Kier alpha value is -0.900. The molecule has 0 aromatic rings. The Morgan fingerprint density at radius 3 is 2.11 bits per heavy atom. The largest absolute Gasteiger partial charge is 0.409 e. The van der Waals surface area contributed by atoms with Gasteiger partial charge in [-0.25, -0.2) is 0 Å². The summed E-state index contributed by atoms with van der Waals surface area (Å²) in [6.45, 7) is 5.55. The molecule has 0 bridgehead atoms. The lowest BCUT2D eigenvalue weighted by molar-refractivity contribution is 0.117. The summed E-state index contributed by atoms with van der Waals surface area (Å²) in [5, 5.41) is 11.8. The molecule has 0 aromatic carbocycles. The van der Waals surface area contributed by atoms with E-state index in [2.05, 4.69) is 5.16 Å². The Labute approximate surface area is 114 Å². The standard InChI is InChI=1S/C10H23N5O3S/c1-10(2,9(11)12-16)14-5-7-15(8-6-14)19(17,18)13(3)4/h16H,5-8H2,1-4H3,(H2,11,12). The van der Waals surface area contributed by atoms with Gasteiger partial charge in [-0.1, -0.05) is 5.16 Å². The zero-order chi connectivity index (χ0) is 14.8. The zero-order valence-electron chi connectivity index (χ0n) is 11.9. The van der Waals surface area contributed by atoms with Crippen LogP contribution < -0.4 is 5.73 Å². The first-order valence-corrected chi connectivity index (χ1v) is 7.44. The van der Waals surface area contributed by atoms with Crippen molar-refractivity contribution in [2.45, 2.75) is 19.4 Å². The maximum absolute atomic E-state index is 12.0. The summed E-state index contributed by atoms with van der Waals surface area (Å²) < 4.78 is 26.6. The van der Waals surface area contributed by atoms with Crippen molar-refractivity contribution in [1.29, 1.82) is 0 Å². The van der Waals surface area contributed by atoms with Crippen LogP contribution in [0.3, 0.4) is 0 Å². The Bertz CT molecular complexity index is 438. The van der Waals surface area contributed by atoms with E-state index in [-0.39, 0.29) is 5.84 Å². The van der Waals surface area contributed by atoms with Crippen LogP contribution in [0.15, 0.2) is 5.16 Å². The Morgan fingerprint density at radius 1 is 1.26 bits per heavy atom. The Morgan fingerprint density at radius 2 is 1.74 bits per heavy atom. The van der Waals surface area contributed by atoms with Crippen molar-refractivity contribution in [1.82, 2.24) is 13.5 Å². The van der Waals surface area contributed by atoms with Crippen molar-refractivity contribution in [3.8, 4) is 0 Å². The summed E-state index contributed by atoms with van der Waals surface area (Å²) in [6.07, 6.45) is 0. The van der Waals surface area contributed by atoms with Crippen molar-refractivity contribution in [2.75, 3.05) is 40.3 Å². The van der Waals surface area contributed by atoms with E-state index in [1.165, 1.54) is 22.7 Å². The highest BCUT2D eigenvalue weighted by Crippen LogP contribution is 2.19. The molecule has 0 radical (unpaired) electrons. The fourth-order valence-corrected chi connectivity index (χ4v) is 3.08. The van der Waals surface area contributed by atoms with E-state index >= 15 is 0 Å². The number of nitrogens with two attached hydrogens (primary N) is 1. The van der Waals surface area contributed by atoms with Crippen LogP contribution >= 0.6 is 0 Å².